The van der Waals surface area contributed by atoms with Gasteiger partial charge in [0, 0.05) is 11.4 Å². The van der Waals surface area contributed by atoms with Crippen molar-refractivity contribution in [1.29, 1.82) is 0 Å². The Morgan fingerprint density at radius 3 is 2.56 bits per heavy atom. The number of rotatable bonds is 5. The molecule has 0 fully saturated rings. The minimum absolute atomic E-state index is 0.350. The van der Waals surface area contributed by atoms with E-state index in [1.54, 1.807) is 30.5 Å². The lowest BCUT2D eigenvalue weighted by Gasteiger charge is -2.08. The molecule has 2 aromatic carbocycles. The van der Waals surface area contributed by atoms with Crippen molar-refractivity contribution < 1.29 is 9.53 Å². The first-order chi connectivity index (χ1) is 12.1. The van der Waals surface area contributed by atoms with E-state index in [0.29, 0.717) is 17.3 Å². The number of nitrogens with one attached hydrogen (secondary N) is 2. The van der Waals surface area contributed by atoms with Crippen molar-refractivity contribution in [1.82, 2.24) is 15.2 Å². The van der Waals surface area contributed by atoms with E-state index in [-0.39, 0.29) is 5.97 Å². The van der Waals surface area contributed by atoms with Crippen LogP contribution in [0.2, 0.25) is 0 Å². The summed E-state index contributed by atoms with van der Waals surface area (Å²) in [5.74, 6) is 0.548. The second kappa shape index (κ2) is 7.39. The number of carbonyl (C=O) groups is 1. The van der Waals surface area contributed by atoms with Gasteiger partial charge in [0.15, 0.2) is 5.82 Å². The first-order valence-electron chi connectivity index (χ1n) is 7.63. The second-order valence-corrected chi connectivity index (χ2v) is 5.35. The zero-order valence-corrected chi connectivity index (χ0v) is 13.9. The summed E-state index contributed by atoms with van der Waals surface area (Å²) in [6.07, 6.45) is 1.55. The molecule has 1 aromatic heterocycles. The molecule has 1 heterocycles. The molecule has 0 spiro atoms. The average molecular weight is 335 g/mol. The van der Waals surface area contributed by atoms with Crippen LogP contribution in [0, 0.1) is 6.92 Å². The SMILES string of the molecule is COC(=O)c1ccc(Nc2nncc(Nc3cccc(C)c3)n2)cc1. The molecule has 0 aliphatic heterocycles. The molecule has 0 unspecified atom stereocenters. The molecule has 0 amide bonds. The predicted molar refractivity (Wildman–Crippen MR) is 95.4 cm³/mol. The topological polar surface area (TPSA) is 89.0 Å². The minimum atomic E-state index is -0.381. The van der Waals surface area contributed by atoms with Crippen LogP contribution in [0.4, 0.5) is 23.1 Å². The Kier molecular flexibility index (Phi) is 4.84. The fourth-order valence-corrected chi connectivity index (χ4v) is 2.22. The quantitative estimate of drug-likeness (QED) is 0.690. The van der Waals surface area contributed by atoms with E-state index in [1.807, 2.05) is 31.2 Å². The normalized spacial score (nSPS) is 10.2. The summed E-state index contributed by atoms with van der Waals surface area (Å²) in [5.41, 5.74) is 3.29. The van der Waals surface area contributed by atoms with Crippen LogP contribution in [0.1, 0.15) is 15.9 Å². The molecule has 0 radical (unpaired) electrons. The summed E-state index contributed by atoms with van der Waals surface area (Å²) >= 11 is 0. The minimum Gasteiger partial charge on any atom is -0.465 e. The van der Waals surface area contributed by atoms with Crippen molar-refractivity contribution in [3.8, 4) is 0 Å². The van der Waals surface area contributed by atoms with Gasteiger partial charge in [-0.15, -0.1) is 5.10 Å². The largest absolute Gasteiger partial charge is 0.465 e. The van der Waals surface area contributed by atoms with E-state index in [1.165, 1.54) is 7.11 Å². The molecule has 3 rings (SSSR count). The molecule has 7 heteroatoms. The van der Waals surface area contributed by atoms with E-state index in [9.17, 15) is 4.79 Å². The molecule has 7 nitrogen and oxygen atoms in total. The highest BCUT2D eigenvalue weighted by Crippen LogP contribution is 2.18. The maximum absolute atomic E-state index is 11.4. The lowest BCUT2D eigenvalue weighted by molar-refractivity contribution is 0.0601. The zero-order chi connectivity index (χ0) is 17.6. The van der Waals surface area contributed by atoms with Crippen molar-refractivity contribution in [2.75, 3.05) is 17.7 Å². The number of ether oxygens (including phenoxy) is 1. The van der Waals surface area contributed by atoms with Crippen LogP contribution in [0.5, 0.6) is 0 Å². The number of esters is 1. The molecule has 0 aliphatic carbocycles. The maximum Gasteiger partial charge on any atom is 0.337 e. The third kappa shape index (κ3) is 4.29. The molecule has 0 bridgehead atoms. The molecule has 0 aliphatic rings. The summed E-state index contributed by atoms with van der Waals surface area (Å²) in [6.45, 7) is 2.02. The van der Waals surface area contributed by atoms with Gasteiger partial charge >= 0.3 is 5.97 Å². The third-order valence-corrected chi connectivity index (χ3v) is 3.41. The Morgan fingerprint density at radius 2 is 1.84 bits per heavy atom. The van der Waals surface area contributed by atoms with Gasteiger partial charge in [0.1, 0.15) is 0 Å². The molecular weight excluding hydrogens is 318 g/mol. The first-order valence-corrected chi connectivity index (χ1v) is 7.63. The number of hydrogen-bond acceptors (Lipinski definition) is 7. The van der Waals surface area contributed by atoms with Crippen LogP contribution in [-0.4, -0.2) is 28.3 Å². The van der Waals surface area contributed by atoms with Gasteiger partial charge in [-0.25, -0.2) is 4.79 Å². The highest BCUT2D eigenvalue weighted by atomic mass is 16.5. The lowest BCUT2D eigenvalue weighted by Crippen LogP contribution is -2.03. The van der Waals surface area contributed by atoms with Crippen LogP contribution in [-0.2, 0) is 4.74 Å². The lowest BCUT2D eigenvalue weighted by atomic mass is 10.2. The van der Waals surface area contributed by atoms with Gasteiger partial charge in [-0.1, -0.05) is 12.1 Å². The van der Waals surface area contributed by atoms with Crippen LogP contribution < -0.4 is 10.6 Å². The molecular formula is C18H17N5O2. The van der Waals surface area contributed by atoms with E-state index in [2.05, 4.69) is 30.6 Å². The van der Waals surface area contributed by atoms with Crippen molar-refractivity contribution in [2.45, 2.75) is 6.92 Å². The van der Waals surface area contributed by atoms with Crippen molar-refractivity contribution >= 4 is 29.1 Å². The average Bonchev–Trinajstić information content (AvgIpc) is 2.62. The molecule has 25 heavy (non-hydrogen) atoms. The highest BCUT2D eigenvalue weighted by molar-refractivity contribution is 5.89. The van der Waals surface area contributed by atoms with E-state index < -0.39 is 0 Å². The predicted octanol–water partition coefficient (Wildman–Crippen LogP) is 3.45. The van der Waals surface area contributed by atoms with Gasteiger partial charge in [0.2, 0.25) is 5.95 Å². The number of aryl methyl sites for hydroxylation is 1. The number of hydrogen-bond donors (Lipinski definition) is 2. The fourth-order valence-electron chi connectivity index (χ4n) is 2.22. The molecule has 2 N–H and O–H groups in total. The van der Waals surface area contributed by atoms with E-state index >= 15 is 0 Å². The Balaban J connectivity index is 1.72. The Morgan fingerprint density at radius 1 is 1.04 bits per heavy atom. The Labute approximate surface area is 145 Å². The van der Waals surface area contributed by atoms with Gasteiger partial charge < -0.3 is 15.4 Å². The van der Waals surface area contributed by atoms with Crippen molar-refractivity contribution in [3.63, 3.8) is 0 Å². The smallest absolute Gasteiger partial charge is 0.337 e. The number of nitrogens with zero attached hydrogens (tertiary/aromatic N) is 3. The second-order valence-electron chi connectivity index (χ2n) is 5.35. The van der Waals surface area contributed by atoms with Crippen LogP contribution in [0.25, 0.3) is 0 Å². The van der Waals surface area contributed by atoms with Crippen molar-refractivity contribution in [3.05, 3.63) is 65.9 Å². The number of aromatic nitrogens is 3. The van der Waals surface area contributed by atoms with Crippen LogP contribution >= 0.6 is 0 Å². The van der Waals surface area contributed by atoms with E-state index in [4.69, 9.17) is 0 Å². The highest BCUT2D eigenvalue weighted by Gasteiger charge is 2.06. The fraction of sp³-hybridized carbons (Fsp3) is 0.111. The Hall–Kier alpha value is -3.48. The summed E-state index contributed by atoms with van der Waals surface area (Å²) in [6, 6.07) is 14.8. The monoisotopic (exact) mass is 335 g/mol. The van der Waals surface area contributed by atoms with Gasteiger partial charge in [0.05, 0.1) is 18.9 Å². The summed E-state index contributed by atoms with van der Waals surface area (Å²) in [4.78, 5) is 15.8. The van der Waals surface area contributed by atoms with Gasteiger partial charge in [-0.05, 0) is 48.9 Å². The number of benzene rings is 2. The first kappa shape index (κ1) is 16.4. The summed E-state index contributed by atoms with van der Waals surface area (Å²) in [5, 5.41) is 14.1. The van der Waals surface area contributed by atoms with Crippen LogP contribution in [0.3, 0.4) is 0 Å². The zero-order valence-electron chi connectivity index (χ0n) is 13.9. The van der Waals surface area contributed by atoms with E-state index in [0.717, 1.165) is 16.9 Å². The third-order valence-electron chi connectivity index (χ3n) is 3.41. The number of carbonyl (C=O) groups excluding carboxylic acids is 1. The molecule has 0 saturated carbocycles. The summed E-state index contributed by atoms with van der Waals surface area (Å²) in [7, 11) is 1.35. The van der Waals surface area contributed by atoms with Crippen LogP contribution in [0.15, 0.2) is 54.7 Å². The van der Waals surface area contributed by atoms with Gasteiger partial charge in [0.25, 0.3) is 0 Å². The standard InChI is InChI=1S/C18H17N5O2/c1-12-4-3-5-15(10-12)20-16-11-19-23-18(22-16)21-14-8-6-13(7-9-14)17(24)25-2/h3-11H,1-2H3,(H2,20,21,22,23). The molecule has 126 valence electrons. The van der Waals surface area contributed by atoms with Crippen molar-refractivity contribution in [2.24, 2.45) is 0 Å². The molecule has 3 aromatic rings. The number of methoxy groups -OCH3 is 1. The van der Waals surface area contributed by atoms with Gasteiger partial charge in [-0.2, -0.15) is 10.1 Å². The Bertz CT molecular complexity index is 881. The maximum atomic E-state index is 11.4. The molecule has 0 saturated heterocycles. The molecule has 0 atom stereocenters. The number of anilines is 4. The summed E-state index contributed by atoms with van der Waals surface area (Å²) < 4.78 is 4.67. The van der Waals surface area contributed by atoms with Gasteiger partial charge in [-0.3, -0.25) is 0 Å².